The van der Waals surface area contributed by atoms with Crippen molar-refractivity contribution in [2.45, 2.75) is 45.4 Å². The lowest BCUT2D eigenvalue weighted by atomic mass is 9.73. The van der Waals surface area contributed by atoms with E-state index in [4.69, 9.17) is 0 Å². The van der Waals surface area contributed by atoms with Crippen molar-refractivity contribution in [2.75, 3.05) is 5.32 Å². The maximum atomic E-state index is 13.8. The second-order valence-corrected chi connectivity index (χ2v) is 8.32. The number of amides is 1. The highest BCUT2D eigenvalue weighted by Crippen LogP contribution is 2.41. The lowest BCUT2D eigenvalue weighted by Crippen LogP contribution is -2.29. The Labute approximate surface area is 171 Å². The minimum absolute atomic E-state index is 0.0249. The van der Waals surface area contributed by atoms with E-state index in [1.807, 2.05) is 50.4 Å². The maximum absolute atomic E-state index is 13.8. The van der Waals surface area contributed by atoms with E-state index >= 15 is 0 Å². The topological polar surface area (TPSA) is 42.0 Å². The van der Waals surface area contributed by atoms with Gasteiger partial charge in [0.2, 0.25) is 5.91 Å². The Morgan fingerprint density at radius 1 is 1.10 bits per heavy atom. The Kier molecular flexibility index (Phi) is 5.61. The Morgan fingerprint density at radius 3 is 2.66 bits per heavy atom. The lowest BCUT2D eigenvalue weighted by Gasteiger charge is -2.32. The van der Waals surface area contributed by atoms with Crippen LogP contribution in [-0.2, 0) is 4.79 Å². The summed E-state index contributed by atoms with van der Waals surface area (Å²) in [6, 6.07) is 14.7. The summed E-state index contributed by atoms with van der Waals surface area (Å²) in [6.07, 6.45) is 5.86. The van der Waals surface area contributed by atoms with Crippen LogP contribution in [0.25, 0.3) is 10.9 Å². The molecule has 1 atom stereocenters. The molecule has 1 saturated carbocycles. The molecule has 0 unspecified atom stereocenters. The SMILES string of the molecule is Cc1cccc(NC(=O)[C@H](C)[C@H]2CC[C@@H](c3ccnc4ccc(F)cc43)CC2)c1. The summed E-state index contributed by atoms with van der Waals surface area (Å²) in [6.45, 7) is 4.06. The van der Waals surface area contributed by atoms with E-state index in [2.05, 4.69) is 10.3 Å². The zero-order valence-corrected chi connectivity index (χ0v) is 17.0. The van der Waals surface area contributed by atoms with Gasteiger partial charge in [-0.05, 0) is 92.0 Å². The first kappa shape index (κ1) is 19.6. The third kappa shape index (κ3) is 4.31. The number of fused-ring (bicyclic) bond motifs is 1. The quantitative estimate of drug-likeness (QED) is 0.574. The molecule has 2 aromatic carbocycles. The molecular formula is C25H27FN2O. The van der Waals surface area contributed by atoms with Crippen LogP contribution < -0.4 is 5.32 Å². The summed E-state index contributed by atoms with van der Waals surface area (Å²) in [7, 11) is 0. The molecule has 1 aliphatic rings. The molecule has 0 spiro atoms. The molecule has 3 nitrogen and oxygen atoms in total. The number of nitrogens with one attached hydrogen (secondary N) is 1. The van der Waals surface area contributed by atoms with Crippen molar-refractivity contribution in [3.63, 3.8) is 0 Å². The normalized spacial score (nSPS) is 20.4. The van der Waals surface area contributed by atoms with E-state index in [1.165, 1.54) is 11.6 Å². The predicted molar refractivity (Wildman–Crippen MR) is 115 cm³/mol. The monoisotopic (exact) mass is 390 g/mol. The molecule has 0 bridgehead atoms. The number of rotatable bonds is 4. The number of carbonyl (C=O) groups is 1. The van der Waals surface area contributed by atoms with E-state index in [9.17, 15) is 9.18 Å². The van der Waals surface area contributed by atoms with Gasteiger partial charge in [-0.25, -0.2) is 4.39 Å². The molecule has 29 heavy (non-hydrogen) atoms. The number of carbonyl (C=O) groups excluding carboxylic acids is 1. The number of halogens is 1. The Bertz CT molecular complexity index is 1020. The highest BCUT2D eigenvalue weighted by atomic mass is 19.1. The molecule has 1 aliphatic carbocycles. The van der Waals surface area contributed by atoms with Crippen LogP contribution in [0.1, 0.15) is 49.7 Å². The summed E-state index contributed by atoms with van der Waals surface area (Å²) >= 11 is 0. The van der Waals surface area contributed by atoms with Crippen LogP contribution in [0.15, 0.2) is 54.7 Å². The van der Waals surface area contributed by atoms with Gasteiger partial charge in [-0.3, -0.25) is 9.78 Å². The van der Waals surface area contributed by atoms with Gasteiger partial charge in [0.25, 0.3) is 0 Å². The van der Waals surface area contributed by atoms with Crippen LogP contribution >= 0.6 is 0 Å². The van der Waals surface area contributed by atoms with Crippen molar-refractivity contribution in [1.29, 1.82) is 0 Å². The fourth-order valence-corrected chi connectivity index (χ4v) is 4.62. The minimum Gasteiger partial charge on any atom is -0.326 e. The van der Waals surface area contributed by atoms with Crippen molar-refractivity contribution in [1.82, 2.24) is 4.98 Å². The smallest absolute Gasteiger partial charge is 0.227 e. The van der Waals surface area contributed by atoms with E-state index in [0.717, 1.165) is 47.8 Å². The van der Waals surface area contributed by atoms with Crippen molar-refractivity contribution in [3.05, 3.63) is 71.7 Å². The van der Waals surface area contributed by atoms with Crippen LogP contribution in [0.4, 0.5) is 10.1 Å². The molecule has 0 aliphatic heterocycles. The lowest BCUT2D eigenvalue weighted by molar-refractivity contribution is -0.121. The third-order valence-electron chi connectivity index (χ3n) is 6.36. The van der Waals surface area contributed by atoms with Gasteiger partial charge in [0, 0.05) is 23.2 Å². The average molecular weight is 391 g/mol. The highest BCUT2D eigenvalue weighted by Gasteiger charge is 2.30. The number of hydrogen-bond donors (Lipinski definition) is 1. The first-order valence-electron chi connectivity index (χ1n) is 10.4. The minimum atomic E-state index is -0.220. The number of anilines is 1. The van der Waals surface area contributed by atoms with E-state index in [1.54, 1.807) is 12.1 Å². The summed E-state index contributed by atoms with van der Waals surface area (Å²) in [5.74, 6) is 0.618. The molecule has 3 aromatic rings. The second-order valence-electron chi connectivity index (χ2n) is 8.32. The summed E-state index contributed by atoms with van der Waals surface area (Å²) in [5.41, 5.74) is 4.03. The number of hydrogen-bond acceptors (Lipinski definition) is 2. The largest absolute Gasteiger partial charge is 0.326 e. The Balaban J connectivity index is 1.41. The standard InChI is InChI=1S/C25H27FN2O/c1-16-4-3-5-21(14-16)28-25(29)17(2)18-6-8-19(9-7-18)22-12-13-27-24-11-10-20(26)15-23(22)24/h3-5,10-15,17-19H,6-9H2,1-2H3,(H,28,29)/t17-,18-,19+/m1/s1. The van der Waals surface area contributed by atoms with E-state index < -0.39 is 0 Å². The van der Waals surface area contributed by atoms with Gasteiger partial charge >= 0.3 is 0 Å². The molecule has 150 valence electrons. The van der Waals surface area contributed by atoms with Crippen LogP contribution in [0.5, 0.6) is 0 Å². The average Bonchev–Trinajstić information content (AvgIpc) is 2.73. The van der Waals surface area contributed by atoms with Gasteiger partial charge in [-0.15, -0.1) is 0 Å². The van der Waals surface area contributed by atoms with Crippen LogP contribution in [0, 0.1) is 24.6 Å². The molecule has 1 N–H and O–H groups in total. The Morgan fingerprint density at radius 2 is 1.90 bits per heavy atom. The number of benzene rings is 2. The van der Waals surface area contributed by atoms with Gasteiger partial charge in [-0.1, -0.05) is 19.1 Å². The van der Waals surface area contributed by atoms with E-state index in [0.29, 0.717) is 11.8 Å². The number of pyridine rings is 1. The molecule has 1 heterocycles. The fraction of sp³-hybridized carbons (Fsp3) is 0.360. The highest BCUT2D eigenvalue weighted by molar-refractivity contribution is 5.92. The van der Waals surface area contributed by atoms with Gasteiger partial charge < -0.3 is 5.32 Å². The van der Waals surface area contributed by atoms with Gasteiger partial charge in [0.1, 0.15) is 5.82 Å². The van der Waals surface area contributed by atoms with Crippen molar-refractivity contribution in [3.8, 4) is 0 Å². The molecule has 1 fully saturated rings. The van der Waals surface area contributed by atoms with Crippen LogP contribution in [0.2, 0.25) is 0 Å². The van der Waals surface area contributed by atoms with Crippen LogP contribution in [0.3, 0.4) is 0 Å². The molecule has 4 heteroatoms. The third-order valence-corrected chi connectivity index (χ3v) is 6.36. The molecule has 4 rings (SSSR count). The van der Waals surface area contributed by atoms with E-state index in [-0.39, 0.29) is 17.6 Å². The zero-order chi connectivity index (χ0) is 20.4. The summed E-state index contributed by atoms with van der Waals surface area (Å²) in [4.78, 5) is 17.1. The van der Waals surface area contributed by atoms with Crippen molar-refractivity contribution >= 4 is 22.5 Å². The summed E-state index contributed by atoms with van der Waals surface area (Å²) in [5, 5.41) is 3.98. The van der Waals surface area contributed by atoms with Crippen LogP contribution in [-0.4, -0.2) is 10.9 Å². The fourth-order valence-electron chi connectivity index (χ4n) is 4.62. The van der Waals surface area contributed by atoms with Gasteiger partial charge in [0.05, 0.1) is 5.52 Å². The summed E-state index contributed by atoms with van der Waals surface area (Å²) < 4.78 is 13.8. The maximum Gasteiger partial charge on any atom is 0.227 e. The predicted octanol–water partition coefficient (Wildman–Crippen LogP) is 6.23. The number of nitrogens with zero attached hydrogens (tertiary/aromatic N) is 1. The zero-order valence-electron chi connectivity index (χ0n) is 17.0. The van der Waals surface area contributed by atoms with Crippen molar-refractivity contribution < 1.29 is 9.18 Å². The first-order valence-corrected chi connectivity index (χ1v) is 10.4. The first-order chi connectivity index (χ1) is 14.0. The molecule has 0 radical (unpaired) electrons. The van der Waals surface area contributed by atoms with Gasteiger partial charge in [-0.2, -0.15) is 0 Å². The van der Waals surface area contributed by atoms with Crippen molar-refractivity contribution in [2.24, 2.45) is 11.8 Å². The number of aromatic nitrogens is 1. The molecular weight excluding hydrogens is 363 g/mol. The Hall–Kier alpha value is -2.75. The molecule has 1 aromatic heterocycles. The second kappa shape index (κ2) is 8.32. The molecule has 0 saturated heterocycles. The molecule has 1 amide bonds. The van der Waals surface area contributed by atoms with Gasteiger partial charge in [0.15, 0.2) is 0 Å². The number of aryl methyl sites for hydroxylation is 1.